The zero-order valence-electron chi connectivity index (χ0n) is 12.2. The van der Waals surface area contributed by atoms with Crippen molar-refractivity contribution in [3.63, 3.8) is 0 Å². The van der Waals surface area contributed by atoms with Crippen LogP contribution in [0, 0.1) is 7.14 Å². The van der Waals surface area contributed by atoms with Gasteiger partial charge >= 0.3 is 0 Å². The van der Waals surface area contributed by atoms with Crippen LogP contribution in [0.2, 0.25) is 0 Å². The molecule has 2 N–H and O–H groups in total. The molecule has 0 unspecified atom stereocenters. The second-order valence-electron chi connectivity index (χ2n) is 3.63. The van der Waals surface area contributed by atoms with Crippen LogP contribution >= 0.6 is 45.2 Å². The highest BCUT2D eigenvalue weighted by molar-refractivity contribution is 14.1. The first-order valence-electron chi connectivity index (χ1n) is 6.05. The van der Waals surface area contributed by atoms with Gasteiger partial charge in [0.2, 0.25) is 0 Å². The average Bonchev–Trinajstić information content (AvgIpc) is 2.40. The maximum atomic E-state index is 9.00. The Morgan fingerprint density at radius 2 is 0.864 bits per heavy atom. The Labute approximate surface area is 157 Å². The molecule has 120 valence electrons. The van der Waals surface area contributed by atoms with E-state index in [1.54, 1.807) is 0 Å². The van der Waals surface area contributed by atoms with E-state index in [9.17, 15) is 0 Å². The number of carbonyl (C=O) groups is 2. The van der Waals surface area contributed by atoms with Gasteiger partial charge in [-0.3, -0.25) is 9.59 Å². The minimum absolute atomic E-state index is 0.833. The molecule has 0 spiro atoms. The summed E-state index contributed by atoms with van der Waals surface area (Å²) in [5, 5.41) is 14.8. The third-order valence-corrected chi connectivity index (χ3v) is 2.90. The zero-order chi connectivity index (χ0) is 17.4. The van der Waals surface area contributed by atoms with E-state index in [1.807, 2.05) is 36.4 Å². The third-order valence-electron chi connectivity index (χ3n) is 1.47. The molecule has 22 heavy (non-hydrogen) atoms. The maximum absolute atomic E-state index is 9.00. The molecule has 0 atom stereocenters. The standard InChI is InChI=1S/2C6H5I.2C2H4O2/c2*7-6-4-2-1-3-5-6;2*1-2(3)4/h2*1-5H;2*1H3,(H,3,4). The molecule has 2 aromatic carbocycles. The van der Waals surface area contributed by atoms with E-state index >= 15 is 0 Å². The number of carboxylic acid groups (broad SMARTS) is 2. The molecule has 4 nitrogen and oxygen atoms in total. The summed E-state index contributed by atoms with van der Waals surface area (Å²) in [7, 11) is 0. The summed E-state index contributed by atoms with van der Waals surface area (Å²) in [6, 6.07) is 20.4. The Kier molecular flexibility index (Phi) is 17.0. The van der Waals surface area contributed by atoms with Crippen molar-refractivity contribution in [3.05, 3.63) is 67.8 Å². The van der Waals surface area contributed by atoms with Gasteiger partial charge in [0.05, 0.1) is 0 Å². The van der Waals surface area contributed by atoms with Crippen LogP contribution in [0.4, 0.5) is 0 Å². The molecule has 0 aliphatic rings. The van der Waals surface area contributed by atoms with Gasteiger partial charge in [0.15, 0.2) is 0 Å². The van der Waals surface area contributed by atoms with Crippen LogP contribution in [-0.2, 0) is 9.59 Å². The molecule has 0 saturated heterocycles. The van der Waals surface area contributed by atoms with Crippen molar-refractivity contribution >= 4 is 57.1 Å². The van der Waals surface area contributed by atoms with Gasteiger partial charge in [-0.1, -0.05) is 36.4 Å². The van der Waals surface area contributed by atoms with Crippen LogP contribution < -0.4 is 0 Å². The molecule has 0 amide bonds. The van der Waals surface area contributed by atoms with Gasteiger partial charge < -0.3 is 10.2 Å². The number of benzene rings is 2. The highest BCUT2D eigenvalue weighted by atomic mass is 127. The summed E-state index contributed by atoms with van der Waals surface area (Å²) in [6.45, 7) is 2.17. The molecule has 0 aliphatic heterocycles. The molecule has 0 saturated carbocycles. The first-order valence-corrected chi connectivity index (χ1v) is 8.21. The highest BCUT2D eigenvalue weighted by Crippen LogP contribution is 2.00. The molecule has 0 radical (unpaired) electrons. The van der Waals surface area contributed by atoms with Crippen molar-refractivity contribution in [3.8, 4) is 0 Å². The van der Waals surface area contributed by atoms with E-state index in [1.165, 1.54) is 7.14 Å². The van der Waals surface area contributed by atoms with E-state index in [2.05, 4.69) is 69.4 Å². The minimum atomic E-state index is -0.833. The monoisotopic (exact) mass is 528 g/mol. The number of halogens is 2. The predicted molar refractivity (Wildman–Crippen MR) is 105 cm³/mol. The van der Waals surface area contributed by atoms with Gasteiger partial charge in [0.25, 0.3) is 11.9 Å². The lowest BCUT2D eigenvalue weighted by atomic mass is 10.4. The molecule has 6 heteroatoms. The van der Waals surface area contributed by atoms with Crippen LogP contribution in [-0.4, -0.2) is 22.2 Å². The summed E-state index contributed by atoms with van der Waals surface area (Å²) in [5.41, 5.74) is 0. The van der Waals surface area contributed by atoms with Crippen molar-refractivity contribution < 1.29 is 19.8 Å². The number of rotatable bonds is 0. The van der Waals surface area contributed by atoms with Crippen molar-refractivity contribution in [2.24, 2.45) is 0 Å². The zero-order valence-corrected chi connectivity index (χ0v) is 16.6. The Morgan fingerprint density at radius 3 is 0.955 bits per heavy atom. The molecular formula is C16H18I2O4. The lowest BCUT2D eigenvalue weighted by Crippen LogP contribution is -1.78. The number of carboxylic acids is 2. The van der Waals surface area contributed by atoms with Crippen LogP contribution in [0.15, 0.2) is 60.7 Å². The Bertz CT molecular complexity index is 459. The van der Waals surface area contributed by atoms with Gasteiger partial charge in [0.1, 0.15) is 0 Å². The fourth-order valence-electron chi connectivity index (χ4n) is 0.829. The lowest BCUT2D eigenvalue weighted by Gasteiger charge is -1.80. The fraction of sp³-hybridized carbons (Fsp3) is 0.125. The van der Waals surface area contributed by atoms with E-state index < -0.39 is 11.9 Å². The number of aliphatic carboxylic acids is 2. The summed E-state index contributed by atoms with van der Waals surface area (Å²) >= 11 is 4.56. The normalized spacial score (nSPS) is 7.82. The number of hydrogen-bond acceptors (Lipinski definition) is 2. The average molecular weight is 528 g/mol. The van der Waals surface area contributed by atoms with Gasteiger partial charge in [0, 0.05) is 21.0 Å². The largest absolute Gasteiger partial charge is 0.481 e. The smallest absolute Gasteiger partial charge is 0.300 e. The second-order valence-corrected chi connectivity index (χ2v) is 6.12. The quantitative estimate of drug-likeness (QED) is 0.484. The Morgan fingerprint density at radius 1 is 0.682 bits per heavy atom. The van der Waals surface area contributed by atoms with Gasteiger partial charge in [-0.2, -0.15) is 0 Å². The van der Waals surface area contributed by atoms with Crippen LogP contribution in [0.25, 0.3) is 0 Å². The molecule has 2 aromatic rings. The molecular weight excluding hydrogens is 510 g/mol. The Balaban J connectivity index is 0. The summed E-state index contributed by atoms with van der Waals surface area (Å²) < 4.78 is 2.58. The summed E-state index contributed by atoms with van der Waals surface area (Å²) in [6.07, 6.45) is 0. The Hall–Kier alpha value is -1.16. The van der Waals surface area contributed by atoms with E-state index in [0.29, 0.717) is 0 Å². The topological polar surface area (TPSA) is 74.6 Å². The lowest BCUT2D eigenvalue weighted by molar-refractivity contribution is -0.135. The number of hydrogen-bond donors (Lipinski definition) is 2. The van der Waals surface area contributed by atoms with Crippen LogP contribution in [0.5, 0.6) is 0 Å². The van der Waals surface area contributed by atoms with Crippen molar-refractivity contribution in [2.75, 3.05) is 0 Å². The van der Waals surface area contributed by atoms with Crippen molar-refractivity contribution in [2.45, 2.75) is 13.8 Å². The van der Waals surface area contributed by atoms with Crippen LogP contribution in [0.3, 0.4) is 0 Å². The minimum Gasteiger partial charge on any atom is -0.481 e. The second kappa shape index (κ2) is 16.2. The summed E-state index contributed by atoms with van der Waals surface area (Å²) in [5.74, 6) is -1.67. The molecule has 0 aliphatic carbocycles. The van der Waals surface area contributed by atoms with E-state index in [0.717, 1.165) is 13.8 Å². The first-order chi connectivity index (χ1) is 10.3. The molecule has 0 fully saturated rings. The van der Waals surface area contributed by atoms with Gasteiger partial charge in [-0.15, -0.1) is 0 Å². The maximum Gasteiger partial charge on any atom is 0.300 e. The van der Waals surface area contributed by atoms with Crippen LogP contribution in [0.1, 0.15) is 13.8 Å². The van der Waals surface area contributed by atoms with E-state index in [-0.39, 0.29) is 0 Å². The molecule has 0 heterocycles. The van der Waals surface area contributed by atoms with Crippen molar-refractivity contribution in [1.82, 2.24) is 0 Å². The SMILES string of the molecule is CC(=O)O.CC(=O)O.Ic1ccccc1.Ic1ccccc1. The molecule has 0 bridgehead atoms. The van der Waals surface area contributed by atoms with E-state index in [4.69, 9.17) is 19.8 Å². The third kappa shape index (κ3) is 27.2. The summed E-state index contributed by atoms with van der Waals surface area (Å²) in [4.78, 5) is 18.0. The van der Waals surface area contributed by atoms with Gasteiger partial charge in [-0.05, 0) is 69.4 Å². The highest BCUT2D eigenvalue weighted by Gasteiger charge is 1.75. The van der Waals surface area contributed by atoms with Crippen molar-refractivity contribution in [1.29, 1.82) is 0 Å². The fourth-order valence-corrected chi connectivity index (χ4v) is 1.66. The van der Waals surface area contributed by atoms with Gasteiger partial charge in [-0.25, -0.2) is 0 Å². The molecule has 2 rings (SSSR count). The predicted octanol–water partition coefficient (Wildman–Crippen LogP) is 4.76. The first kappa shape index (κ1) is 23.1. The molecule has 0 aromatic heterocycles.